The fourth-order valence-electron chi connectivity index (χ4n) is 2.07. The van der Waals surface area contributed by atoms with Gasteiger partial charge in [-0.15, -0.1) is 11.3 Å². The number of carbonyl (C=O) groups is 1. The standard InChI is InChI=1S/C18H11ClFNO2S/c19-13-7-5-11(6-8-13)15(22)10-17-21-18(23)16(24-17)9-12-3-1-2-4-14(12)20/h1-10H,(H,21,23)/b16-9-,17-10-. The Labute approximate surface area is 145 Å². The number of aromatic nitrogens is 1. The van der Waals surface area contributed by atoms with Crippen molar-refractivity contribution in [2.24, 2.45) is 0 Å². The van der Waals surface area contributed by atoms with Gasteiger partial charge in [0.2, 0.25) is 0 Å². The Bertz CT molecular complexity index is 1070. The first kappa shape index (κ1) is 16.4. The van der Waals surface area contributed by atoms with E-state index in [1.54, 1.807) is 42.5 Å². The zero-order valence-corrected chi connectivity index (χ0v) is 13.8. The Kier molecular flexibility index (Phi) is 4.74. The maximum absolute atomic E-state index is 13.7. The average molecular weight is 360 g/mol. The first-order valence-electron chi connectivity index (χ1n) is 7.00. The van der Waals surface area contributed by atoms with Crippen LogP contribution in [-0.4, -0.2) is 10.8 Å². The van der Waals surface area contributed by atoms with E-state index in [2.05, 4.69) is 4.98 Å². The van der Waals surface area contributed by atoms with Gasteiger partial charge in [0, 0.05) is 22.2 Å². The molecule has 0 saturated heterocycles. The van der Waals surface area contributed by atoms with Crippen LogP contribution in [0.1, 0.15) is 15.9 Å². The zero-order chi connectivity index (χ0) is 17.1. The van der Waals surface area contributed by atoms with Crippen LogP contribution >= 0.6 is 22.9 Å². The molecule has 0 amide bonds. The van der Waals surface area contributed by atoms with Crippen LogP contribution in [0.3, 0.4) is 0 Å². The molecule has 0 fully saturated rings. The highest BCUT2D eigenvalue weighted by Crippen LogP contribution is 2.10. The minimum absolute atomic E-state index is 0.249. The van der Waals surface area contributed by atoms with Crippen LogP contribution in [-0.2, 0) is 0 Å². The van der Waals surface area contributed by atoms with Crippen LogP contribution in [0.25, 0.3) is 12.2 Å². The maximum atomic E-state index is 13.7. The van der Waals surface area contributed by atoms with Gasteiger partial charge in [0.15, 0.2) is 5.78 Å². The number of ketones is 1. The predicted molar refractivity (Wildman–Crippen MR) is 94.4 cm³/mol. The Hall–Kier alpha value is -2.50. The molecule has 120 valence electrons. The minimum Gasteiger partial charge on any atom is -0.313 e. The second kappa shape index (κ2) is 6.95. The number of halogens is 2. The number of thiazole rings is 1. The van der Waals surface area contributed by atoms with Crippen molar-refractivity contribution in [2.45, 2.75) is 0 Å². The van der Waals surface area contributed by atoms with E-state index in [-0.39, 0.29) is 11.3 Å². The van der Waals surface area contributed by atoms with Crippen molar-refractivity contribution in [2.75, 3.05) is 0 Å². The van der Waals surface area contributed by atoms with E-state index in [4.69, 9.17) is 11.6 Å². The lowest BCUT2D eigenvalue weighted by molar-refractivity contribution is 0.106. The molecule has 0 unspecified atom stereocenters. The largest absolute Gasteiger partial charge is 0.313 e. The molecule has 0 aliphatic heterocycles. The summed E-state index contributed by atoms with van der Waals surface area (Å²) >= 11 is 6.89. The summed E-state index contributed by atoms with van der Waals surface area (Å²) in [5.74, 6) is -0.658. The fourth-order valence-corrected chi connectivity index (χ4v) is 3.08. The van der Waals surface area contributed by atoms with E-state index >= 15 is 0 Å². The number of rotatable bonds is 3. The minimum atomic E-state index is -0.409. The smallest absolute Gasteiger partial charge is 0.266 e. The molecule has 1 heterocycles. The van der Waals surface area contributed by atoms with Crippen LogP contribution in [0.5, 0.6) is 0 Å². The first-order valence-corrected chi connectivity index (χ1v) is 8.19. The summed E-state index contributed by atoms with van der Waals surface area (Å²) in [6.45, 7) is 0. The molecule has 0 spiro atoms. The molecular formula is C18H11ClFNO2S. The van der Waals surface area contributed by atoms with Gasteiger partial charge >= 0.3 is 0 Å². The van der Waals surface area contributed by atoms with Crippen molar-refractivity contribution in [1.82, 2.24) is 4.98 Å². The molecule has 0 saturated carbocycles. The number of benzene rings is 2. The summed E-state index contributed by atoms with van der Waals surface area (Å²) in [6, 6.07) is 12.6. The Morgan fingerprint density at radius 3 is 2.54 bits per heavy atom. The van der Waals surface area contributed by atoms with E-state index < -0.39 is 5.82 Å². The lowest BCUT2D eigenvalue weighted by Crippen LogP contribution is -2.20. The van der Waals surface area contributed by atoms with Crippen LogP contribution in [0.15, 0.2) is 53.3 Å². The zero-order valence-electron chi connectivity index (χ0n) is 12.3. The van der Waals surface area contributed by atoms with Crippen molar-refractivity contribution in [1.29, 1.82) is 0 Å². The average Bonchev–Trinajstić information content (AvgIpc) is 2.89. The maximum Gasteiger partial charge on any atom is 0.266 e. The summed E-state index contributed by atoms with van der Waals surface area (Å²) < 4.78 is 14.4. The van der Waals surface area contributed by atoms with Gasteiger partial charge < -0.3 is 4.98 Å². The summed E-state index contributed by atoms with van der Waals surface area (Å²) in [5.41, 5.74) is 0.423. The van der Waals surface area contributed by atoms with Gasteiger partial charge in [0.05, 0.1) is 9.20 Å². The number of nitrogens with one attached hydrogen (secondary N) is 1. The first-order chi connectivity index (χ1) is 11.5. The van der Waals surface area contributed by atoms with Crippen LogP contribution in [0.2, 0.25) is 5.02 Å². The quantitative estimate of drug-likeness (QED) is 0.731. The van der Waals surface area contributed by atoms with Crippen molar-refractivity contribution in [3.05, 3.63) is 90.0 Å². The lowest BCUT2D eigenvalue weighted by Gasteiger charge is -1.94. The molecule has 1 N–H and O–H groups in total. The molecule has 1 aromatic heterocycles. The highest BCUT2D eigenvalue weighted by molar-refractivity contribution is 7.07. The Morgan fingerprint density at radius 2 is 1.83 bits per heavy atom. The third kappa shape index (κ3) is 3.69. The fraction of sp³-hybridized carbons (Fsp3) is 0. The molecule has 3 aromatic rings. The number of hydrogen-bond donors (Lipinski definition) is 1. The van der Waals surface area contributed by atoms with Crippen molar-refractivity contribution in [3.63, 3.8) is 0 Å². The van der Waals surface area contributed by atoms with Gasteiger partial charge in [-0.2, -0.15) is 0 Å². The van der Waals surface area contributed by atoms with E-state index in [1.165, 1.54) is 18.2 Å². The molecule has 0 bridgehead atoms. The Morgan fingerprint density at radius 1 is 1.12 bits per heavy atom. The highest BCUT2D eigenvalue weighted by atomic mass is 35.5. The summed E-state index contributed by atoms with van der Waals surface area (Å²) in [4.78, 5) is 26.7. The van der Waals surface area contributed by atoms with Gasteiger partial charge in [0.25, 0.3) is 5.56 Å². The lowest BCUT2D eigenvalue weighted by atomic mass is 10.1. The topological polar surface area (TPSA) is 49.9 Å². The normalized spacial score (nSPS) is 12.6. The van der Waals surface area contributed by atoms with Gasteiger partial charge in [-0.3, -0.25) is 9.59 Å². The van der Waals surface area contributed by atoms with Crippen LogP contribution in [0, 0.1) is 5.82 Å². The monoisotopic (exact) mass is 359 g/mol. The van der Waals surface area contributed by atoms with Crippen molar-refractivity contribution >= 4 is 40.9 Å². The van der Waals surface area contributed by atoms with Crippen molar-refractivity contribution < 1.29 is 9.18 Å². The number of carbonyl (C=O) groups excluding carboxylic acids is 1. The summed E-state index contributed by atoms with van der Waals surface area (Å²) in [5, 5.41) is 0.540. The van der Waals surface area contributed by atoms with E-state index in [0.29, 0.717) is 25.3 Å². The van der Waals surface area contributed by atoms with E-state index in [1.807, 2.05) is 0 Å². The summed E-state index contributed by atoms with van der Waals surface area (Å²) in [6.07, 6.45) is 2.80. The molecule has 0 radical (unpaired) electrons. The highest BCUT2D eigenvalue weighted by Gasteiger charge is 2.04. The molecule has 3 rings (SSSR count). The molecule has 0 aliphatic carbocycles. The van der Waals surface area contributed by atoms with Crippen molar-refractivity contribution in [3.8, 4) is 0 Å². The molecule has 3 nitrogen and oxygen atoms in total. The number of H-pyrrole nitrogens is 1. The van der Waals surface area contributed by atoms with Crippen LogP contribution < -0.4 is 14.8 Å². The number of hydrogen-bond acceptors (Lipinski definition) is 3. The Balaban J connectivity index is 2.00. The van der Waals surface area contributed by atoms with Crippen LogP contribution in [0.4, 0.5) is 4.39 Å². The van der Waals surface area contributed by atoms with Gasteiger partial charge in [-0.1, -0.05) is 29.8 Å². The second-order valence-corrected chi connectivity index (χ2v) is 6.49. The molecule has 0 aliphatic rings. The molecule has 0 atom stereocenters. The third-order valence-corrected chi connectivity index (χ3v) is 4.48. The van der Waals surface area contributed by atoms with E-state index in [9.17, 15) is 14.0 Å². The SMILES string of the molecule is O=C(/C=c1/[nH]c(=O)/c(=C/c2ccccc2F)s1)c1ccc(Cl)cc1. The van der Waals surface area contributed by atoms with Gasteiger partial charge in [0.1, 0.15) is 5.82 Å². The molecular weight excluding hydrogens is 349 g/mol. The van der Waals surface area contributed by atoms with Gasteiger partial charge in [-0.05, 0) is 36.4 Å². The molecule has 24 heavy (non-hydrogen) atoms. The summed E-state index contributed by atoms with van der Waals surface area (Å²) in [7, 11) is 0. The third-order valence-electron chi connectivity index (χ3n) is 3.26. The number of Topliss-reactive ketones (excluding diaryl/α,β-unsaturated/α-hetero) is 1. The molecule has 6 heteroatoms. The van der Waals surface area contributed by atoms with E-state index in [0.717, 1.165) is 11.3 Å². The molecule has 2 aromatic carbocycles. The number of aromatic amines is 1. The second-order valence-electron chi connectivity index (χ2n) is 4.97. The van der Waals surface area contributed by atoms with Gasteiger partial charge in [-0.25, -0.2) is 4.39 Å². The predicted octanol–water partition coefficient (Wildman–Crippen LogP) is 2.72.